The molecule has 0 bridgehead atoms. The molecule has 0 aromatic heterocycles. The molecule has 0 unspecified atom stereocenters. The summed E-state index contributed by atoms with van der Waals surface area (Å²) in [5.41, 5.74) is 0. The monoisotopic (exact) mass is 134 g/mol. The molecule has 1 nitrogen and oxygen atoms in total. The van der Waals surface area contributed by atoms with Gasteiger partial charge in [0.1, 0.15) is 0 Å². The molecule has 0 aliphatic carbocycles. The van der Waals surface area contributed by atoms with Crippen molar-refractivity contribution in [3.63, 3.8) is 0 Å². The molecule has 0 saturated carbocycles. The van der Waals surface area contributed by atoms with Crippen LogP contribution in [0.4, 0.5) is 0 Å². The first-order chi connectivity index (χ1) is 3.00. The number of benzene rings is 1. The van der Waals surface area contributed by atoms with Gasteiger partial charge >= 0.3 is 29.6 Å². The second-order valence-electron chi connectivity index (χ2n) is 1.15. The van der Waals surface area contributed by atoms with Crippen LogP contribution in [0.3, 0.4) is 0 Å². The van der Waals surface area contributed by atoms with Crippen LogP contribution in [-0.4, -0.2) is 5.48 Å². The van der Waals surface area contributed by atoms with Crippen molar-refractivity contribution in [2.75, 3.05) is 0 Å². The van der Waals surface area contributed by atoms with E-state index in [0.29, 0.717) is 0 Å². The average molecular weight is 134 g/mol. The third kappa shape index (κ3) is 8.18. The summed E-state index contributed by atoms with van der Waals surface area (Å²) in [6, 6.07) is 12.0. The van der Waals surface area contributed by atoms with Gasteiger partial charge in [-0.05, 0) is 0 Å². The van der Waals surface area contributed by atoms with E-state index in [4.69, 9.17) is 0 Å². The molecular formula is C7H11NaO. The summed E-state index contributed by atoms with van der Waals surface area (Å²) in [5, 5.41) is 0. The Morgan fingerprint density at radius 2 is 0.667 bits per heavy atom. The van der Waals surface area contributed by atoms with E-state index in [1.807, 2.05) is 36.4 Å². The van der Waals surface area contributed by atoms with Crippen molar-refractivity contribution in [2.24, 2.45) is 0 Å². The SMILES string of the molecule is C.[Na+].[OH-].c1ccccc1. The van der Waals surface area contributed by atoms with E-state index in [9.17, 15) is 0 Å². The van der Waals surface area contributed by atoms with Crippen LogP contribution in [0.5, 0.6) is 0 Å². The minimum Gasteiger partial charge on any atom is -0.870 e. The normalized spacial score (nSPS) is 5.33. The third-order valence-electron chi connectivity index (χ3n) is 0.667. The molecule has 1 N–H and O–H groups in total. The predicted molar refractivity (Wildman–Crippen MR) is 35.1 cm³/mol. The van der Waals surface area contributed by atoms with Gasteiger partial charge < -0.3 is 5.48 Å². The zero-order valence-corrected chi connectivity index (χ0v) is 6.91. The van der Waals surface area contributed by atoms with Crippen LogP contribution < -0.4 is 29.6 Å². The van der Waals surface area contributed by atoms with Crippen LogP contribution in [0, 0.1) is 0 Å². The maximum Gasteiger partial charge on any atom is 1.00 e. The Labute approximate surface area is 78.7 Å². The van der Waals surface area contributed by atoms with E-state index < -0.39 is 0 Å². The predicted octanol–water partition coefficient (Wildman–Crippen LogP) is -0.850. The molecule has 1 aromatic carbocycles. The standard InChI is InChI=1S/C6H6.CH4.Na.H2O/c1-2-4-6-5-3-1;;;/h1-6H;1H4;;1H2/q;;+1;/p-1. The summed E-state index contributed by atoms with van der Waals surface area (Å²) in [4.78, 5) is 0. The van der Waals surface area contributed by atoms with Crippen molar-refractivity contribution in [3.8, 4) is 0 Å². The van der Waals surface area contributed by atoms with Crippen molar-refractivity contribution in [1.29, 1.82) is 0 Å². The fourth-order valence-electron chi connectivity index (χ4n) is 0.385. The Balaban J connectivity index is -0.000000120. The molecule has 1 aromatic rings. The summed E-state index contributed by atoms with van der Waals surface area (Å²) in [6.07, 6.45) is 0. The van der Waals surface area contributed by atoms with Gasteiger partial charge in [0, 0.05) is 0 Å². The van der Waals surface area contributed by atoms with E-state index in [2.05, 4.69) is 0 Å². The van der Waals surface area contributed by atoms with Crippen LogP contribution in [0.2, 0.25) is 0 Å². The minimum atomic E-state index is 0. The summed E-state index contributed by atoms with van der Waals surface area (Å²) in [7, 11) is 0. The van der Waals surface area contributed by atoms with Crippen molar-refractivity contribution in [3.05, 3.63) is 36.4 Å². The smallest absolute Gasteiger partial charge is 0.870 e. The molecular weight excluding hydrogens is 123 g/mol. The van der Waals surface area contributed by atoms with Gasteiger partial charge in [0.15, 0.2) is 0 Å². The molecule has 0 fully saturated rings. The number of hydrogen-bond donors (Lipinski definition) is 0. The van der Waals surface area contributed by atoms with Crippen LogP contribution >= 0.6 is 0 Å². The zero-order valence-electron chi connectivity index (χ0n) is 4.91. The van der Waals surface area contributed by atoms with Gasteiger partial charge in [-0.25, -0.2) is 0 Å². The summed E-state index contributed by atoms with van der Waals surface area (Å²) in [6.45, 7) is 0. The fourth-order valence-corrected chi connectivity index (χ4v) is 0.385. The van der Waals surface area contributed by atoms with E-state index in [1.165, 1.54) is 0 Å². The van der Waals surface area contributed by atoms with Crippen molar-refractivity contribution in [2.45, 2.75) is 7.43 Å². The molecule has 0 spiro atoms. The molecule has 1 rings (SSSR count). The van der Waals surface area contributed by atoms with E-state index >= 15 is 0 Å². The molecule has 0 saturated heterocycles. The number of rotatable bonds is 0. The minimum absolute atomic E-state index is 0. The quantitative estimate of drug-likeness (QED) is 0.425. The van der Waals surface area contributed by atoms with Crippen molar-refractivity contribution in [1.82, 2.24) is 0 Å². The Kier molecular flexibility index (Phi) is 19.7. The summed E-state index contributed by atoms with van der Waals surface area (Å²) in [5.74, 6) is 0. The second kappa shape index (κ2) is 11.0. The maximum atomic E-state index is 2.00. The summed E-state index contributed by atoms with van der Waals surface area (Å²) >= 11 is 0. The van der Waals surface area contributed by atoms with Crippen LogP contribution in [0.15, 0.2) is 36.4 Å². The van der Waals surface area contributed by atoms with Gasteiger partial charge in [0.2, 0.25) is 0 Å². The van der Waals surface area contributed by atoms with Crippen molar-refractivity contribution < 1.29 is 35.0 Å². The summed E-state index contributed by atoms with van der Waals surface area (Å²) < 4.78 is 0. The van der Waals surface area contributed by atoms with Crippen LogP contribution in [-0.2, 0) is 0 Å². The van der Waals surface area contributed by atoms with E-state index in [-0.39, 0.29) is 42.5 Å². The molecule has 46 valence electrons. The molecule has 0 aliphatic rings. The third-order valence-corrected chi connectivity index (χ3v) is 0.667. The number of hydrogen-bond acceptors (Lipinski definition) is 1. The average Bonchev–Trinajstić information content (AvgIpc) is 1.72. The maximum absolute atomic E-state index is 2.00. The Hall–Kier alpha value is 0.180. The molecule has 0 heterocycles. The van der Waals surface area contributed by atoms with Gasteiger partial charge in [-0.1, -0.05) is 43.8 Å². The Morgan fingerprint density at radius 3 is 0.778 bits per heavy atom. The van der Waals surface area contributed by atoms with E-state index in [1.54, 1.807) is 0 Å². The second-order valence-corrected chi connectivity index (χ2v) is 1.15. The van der Waals surface area contributed by atoms with Crippen LogP contribution in [0.1, 0.15) is 7.43 Å². The van der Waals surface area contributed by atoms with Gasteiger partial charge in [-0.15, -0.1) is 0 Å². The topological polar surface area (TPSA) is 30.0 Å². The zero-order chi connectivity index (χ0) is 4.24. The molecule has 2 heteroatoms. The first-order valence-corrected chi connectivity index (χ1v) is 2.00. The molecule has 0 atom stereocenters. The van der Waals surface area contributed by atoms with Gasteiger partial charge in [-0.3, -0.25) is 0 Å². The van der Waals surface area contributed by atoms with E-state index in [0.717, 1.165) is 0 Å². The van der Waals surface area contributed by atoms with Crippen molar-refractivity contribution >= 4 is 0 Å². The fraction of sp³-hybridized carbons (Fsp3) is 0.143. The first-order valence-electron chi connectivity index (χ1n) is 2.00. The molecule has 9 heavy (non-hydrogen) atoms. The molecule has 0 amide bonds. The van der Waals surface area contributed by atoms with Crippen LogP contribution in [0.25, 0.3) is 0 Å². The first kappa shape index (κ1) is 16.1. The van der Waals surface area contributed by atoms with Gasteiger partial charge in [0.05, 0.1) is 0 Å². The van der Waals surface area contributed by atoms with Gasteiger partial charge in [0.25, 0.3) is 0 Å². The Morgan fingerprint density at radius 1 is 0.556 bits per heavy atom. The largest absolute Gasteiger partial charge is 1.00 e. The molecule has 0 radical (unpaired) electrons. The molecule has 0 aliphatic heterocycles. The Bertz CT molecular complexity index is 80.8. The van der Waals surface area contributed by atoms with Gasteiger partial charge in [-0.2, -0.15) is 0 Å².